The van der Waals surface area contributed by atoms with Gasteiger partial charge in [0.1, 0.15) is 0 Å². The largest absolute Gasteiger partial charge is 0.387 e. The molecule has 0 radical (unpaired) electrons. The molecule has 2 rings (SSSR count). The van der Waals surface area contributed by atoms with Gasteiger partial charge in [0.05, 0.1) is 12.1 Å². The van der Waals surface area contributed by atoms with Crippen molar-refractivity contribution in [1.82, 2.24) is 21.5 Å². The number of benzene rings is 1. The second kappa shape index (κ2) is 6.60. The fourth-order valence-electron chi connectivity index (χ4n) is 1.83. The fourth-order valence-corrected chi connectivity index (χ4v) is 1.83. The van der Waals surface area contributed by atoms with E-state index < -0.39 is 23.8 Å². The second-order valence-corrected chi connectivity index (χ2v) is 4.50. The average Bonchev–Trinajstić information content (AvgIpc) is 2.92. The molecule has 0 aliphatic carbocycles. The number of hydrogen-bond acceptors (Lipinski definition) is 4. The van der Waals surface area contributed by atoms with Crippen LogP contribution < -0.4 is 21.5 Å². The van der Waals surface area contributed by atoms with Gasteiger partial charge in [-0.25, -0.2) is 13.6 Å². The maximum Gasteiger partial charge on any atom is 0.315 e. The van der Waals surface area contributed by atoms with E-state index in [4.69, 9.17) is 0 Å². The Labute approximate surface area is 114 Å². The maximum atomic E-state index is 13.0. The number of hydrogen-bond donors (Lipinski definition) is 5. The lowest BCUT2D eigenvalue weighted by molar-refractivity contribution is 0.172. The molecule has 20 heavy (non-hydrogen) atoms. The summed E-state index contributed by atoms with van der Waals surface area (Å²) in [5.74, 6) is -2.01. The van der Waals surface area contributed by atoms with Crippen LogP contribution in [0.25, 0.3) is 0 Å². The molecular formula is C12H16F2N4O2. The van der Waals surface area contributed by atoms with Crippen molar-refractivity contribution in [2.75, 3.05) is 19.6 Å². The van der Waals surface area contributed by atoms with Crippen molar-refractivity contribution in [3.63, 3.8) is 0 Å². The summed E-state index contributed by atoms with van der Waals surface area (Å²) >= 11 is 0. The van der Waals surface area contributed by atoms with Crippen LogP contribution in [-0.4, -0.2) is 36.8 Å². The Hall–Kier alpha value is -1.77. The van der Waals surface area contributed by atoms with E-state index in [-0.39, 0.29) is 18.2 Å². The summed E-state index contributed by atoms with van der Waals surface area (Å²) in [7, 11) is 0. The van der Waals surface area contributed by atoms with Gasteiger partial charge in [-0.1, -0.05) is 6.07 Å². The molecule has 1 aliphatic heterocycles. The lowest BCUT2D eigenvalue weighted by Crippen LogP contribution is -2.45. The molecule has 1 aromatic rings. The van der Waals surface area contributed by atoms with Gasteiger partial charge >= 0.3 is 6.03 Å². The standard InChI is InChI=1S/C12H16F2N4O2/c13-9-2-1-7(3-10(9)14)11(19)6-15-12(20)18-8-4-16-17-5-8/h1-3,8,11,16-17,19H,4-6H2,(H2,15,18,20). The van der Waals surface area contributed by atoms with Crippen molar-refractivity contribution >= 4 is 6.03 Å². The van der Waals surface area contributed by atoms with Crippen LogP contribution in [0.2, 0.25) is 0 Å². The predicted molar refractivity (Wildman–Crippen MR) is 67.6 cm³/mol. The van der Waals surface area contributed by atoms with E-state index >= 15 is 0 Å². The Morgan fingerprint density at radius 3 is 2.70 bits per heavy atom. The first-order chi connectivity index (χ1) is 9.56. The molecule has 1 atom stereocenters. The Balaban J connectivity index is 1.80. The Bertz CT molecular complexity index is 481. The molecule has 2 amide bonds. The van der Waals surface area contributed by atoms with Gasteiger partial charge in [0.15, 0.2) is 11.6 Å². The zero-order chi connectivity index (χ0) is 14.5. The normalized spacial score (nSPS) is 16.9. The number of rotatable bonds is 4. The SMILES string of the molecule is O=C(NCC(O)c1ccc(F)c(F)c1)NC1CNNC1. The molecule has 8 heteroatoms. The highest BCUT2D eigenvalue weighted by molar-refractivity contribution is 5.74. The number of amides is 2. The van der Waals surface area contributed by atoms with E-state index in [9.17, 15) is 18.7 Å². The number of urea groups is 1. The van der Waals surface area contributed by atoms with E-state index in [0.29, 0.717) is 13.1 Å². The molecule has 0 bridgehead atoms. The number of hydrazine groups is 1. The number of aliphatic hydroxyl groups is 1. The Morgan fingerprint density at radius 2 is 2.05 bits per heavy atom. The molecule has 1 unspecified atom stereocenters. The zero-order valence-corrected chi connectivity index (χ0v) is 10.6. The van der Waals surface area contributed by atoms with Gasteiger partial charge in [-0.2, -0.15) is 0 Å². The molecule has 0 spiro atoms. The third kappa shape index (κ3) is 3.86. The van der Waals surface area contributed by atoms with Gasteiger partial charge in [0.25, 0.3) is 0 Å². The number of nitrogens with one attached hydrogen (secondary N) is 4. The minimum absolute atomic E-state index is 0.0320. The van der Waals surface area contributed by atoms with Gasteiger partial charge in [-0.3, -0.25) is 10.9 Å². The predicted octanol–water partition coefficient (Wildman–Crippen LogP) is -0.226. The first-order valence-corrected chi connectivity index (χ1v) is 6.19. The van der Waals surface area contributed by atoms with Crippen LogP contribution in [0, 0.1) is 11.6 Å². The summed E-state index contributed by atoms with van der Waals surface area (Å²) < 4.78 is 25.8. The van der Waals surface area contributed by atoms with Crippen LogP contribution in [-0.2, 0) is 0 Å². The van der Waals surface area contributed by atoms with Crippen molar-refractivity contribution in [1.29, 1.82) is 0 Å². The van der Waals surface area contributed by atoms with Crippen LogP contribution in [0.4, 0.5) is 13.6 Å². The lowest BCUT2D eigenvalue weighted by atomic mass is 10.1. The van der Waals surface area contributed by atoms with Crippen LogP contribution in [0.3, 0.4) is 0 Å². The van der Waals surface area contributed by atoms with E-state index in [1.165, 1.54) is 6.07 Å². The molecule has 5 N–H and O–H groups in total. The average molecular weight is 286 g/mol. The summed E-state index contributed by atoms with van der Waals surface area (Å²) in [5.41, 5.74) is 5.92. The highest BCUT2D eigenvalue weighted by atomic mass is 19.2. The van der Waals surface area contributed by atoms with E-state index in [1.54, 1.807) is 0 Å². The minimum atomic E-state index is -1.10. The van der Waals surface area contributed by atoms with E-state index in [1.807, 2.05) is 0 Å². The summed E-state index contributed by atoms with van der Waals surface area (Å²) in [4.78, 5) is 11.5. The fraction of sp³-hybridized carbons (Fsp3) is 0.417. The molecule has 1 aromatic carbocycles. The Kier molecular flexibility index (Phi) is 4.83. The van der Waals surface area contributed by atoms with Crippen molar-refractivity contribution < 1.29 is 18.7 Å². The molecule has 1 heterocycles. The molecule has 0 aromatic heterocycles. The summed E-state index contributed by atoms with van der Waals surface area (Å²) in [6.45, 7) is 1.13. The van der Waals surface area contributed by atoms with Crippen LogP contribution >= 0.6 is 0 Å². The molecule has 6 nitrogen and oxygen atoms in total. The number of carbonyl (C=O) groups excluding carboxylic acids is 1. The van der Waals surface area contributed by atoms with Crippen LogP contribution in [0.1, 0.15) is 11.7 Å². The highest BCUT2D eigenvalue weighted by Gasteiger charge is 2.17. The number of aliphatic hydroxyl groups excluding tert-OH is 1. The number of carbonyl (C=O) groups is 1. The van der Waals surface area contributed by atoms with Crippen molar-refractivity contribution in [3.05, 3.63) is 35.4 Å². The summed E-state index contributed by atoms with van der Waals surface area (Å²) in [6.07, 6.45) is -1.10. The first kappa shape index (κ1) is 14.6. The third-order valence-electron chi connectivity index (χ3n) is 2.94. The molecule has 1 fully saturated rings. The van der Waals surface area contributed by atoms with Gasteiger partial charge < -0.3 is 15.7 Å². The molecule has 0 saturated carbocycles. The summed E-state index contributed by atoms with van der Waals surface area (Å²) in [6, 6.07) is 2.65. The second-order valence-electron chi connectivity index (χ2n) is 4.50. The zero-order valence-electron chi connectivity index (χ0n) is 10.6. The maximum absolute atomic E-state index is 13.0. The minimum Gasteiger partial charge on any atom is -0.387 e. The van der Waals surface area contributed by atoms with Crippen LogP contribution in [0.15, 0.2) is 18.2 Å². The van der Waals surface area contributed by atoms with Gasteiger partial charge in [-0.15, -0.1) is 0 Å². The third-order valence-corrected chi connectivity index (χ3v) is 2.94. The first-order valence-electron chi connectivity index (χ1n) is 6.19. The topological polar surface area (TPSA) is 85.4 Å². The molecule has 1 aliphatic rings. The molecular weight excluding hydrogens is 270 g/mol. The van der Waals surface area contributed by atoms with Gasteiger partial charge in [0, 0.05) is 19.6 Å². The quantitative estimate of drug-likeness (QED) is 0.529. The van der Waals surface area contributed by atoms with Gasteiger partial charge in [-0.05, 0) is 17.7 Å². The smallest absolute Gasteiger partial charge is 0.315 e. The van der Waals surface area contributed by atoms with Gasteiger partial charge in [0.2, 0.25) is 0 Å². The monoisotopic (exact) mass is 286 g/mol. The molecule has 110 valence electrons. The molecule has 1 saturated heterocycles. The van der Waals surface area contributed by atoms with Crippen LogP contribution in [0.5, 0.6) is 0 Å². The van der Waals surface area contributed by atoms with Crippen molar-refractivity contribution in [2.24, 2.45) is 0 Å². The van der Waals surface area contributed by atoms with Crippen molar-refractivity contribution in [2.45, 2.75) is 12.1 Å². The van der Waals surface area contributed by atoms with Crippen molar-refractivity contribution in [3.8, 4) is 0 Å². The lowest BCUT2D eigenvalue weighted by Gasteiger charge is -2.15. The summed E-state index contributed by atoms with van der Waals surface area (Å²) in [5, 5.41) is 14.9. The highest BCUT2D eigenvalue weighted by Crippen LogP contribution is 2.15. The Morgan fingerprint density at radius 1 is 1.35 bits per heavy atom. The van der Waals surface area contributed by atoms with E-state index in [0.717, 1.165) is 12.1 Å². The number of halogens is 2. The van der Waals surface area contributed by atoms with E-state index in [2.05, 4.69) is 21.5 Å².